The highest BCUT2D eigenvalue weighted by Gasteiger charge is 2.14. The van der Waals surface area contributed by atoms with Crippen LogP contribution in [0.4, 0.5) is 21.9 Å². The Morgan fingerprint density at radius 1 is 1.23 bits per heavy atom. The predicted octanol–water partition coefficient (Wildman–Crippen LogP) is 4.43. The number of fused-ring (bicyclic) bond motifs is 1. The van der Waals surface area contributed by atoms with E-state index in [4.69, 9.17) is 4.74 Å². The summed E-state index contributed by atoms with van der Waals surface area (Å²) < 4.78 is 7.16. The van der Waals surface area contributed by atoms with Crippen LogP contribution in [-0.4, -0.2) is 40.3 Å². The van der Waals surface area contributed by atoms with E-state index in [1.165, 1.54) is 12.1 Å². The highest BCUT2D eigenvalue weighted by Crippen LogP contribution is 2.23. The molecule has 0 bridgehead atoms. The van der Waals surface area contributed by atoms with Gasteiger partial charge in [0.05, 0.1) is 16.0 Å². The number of aromatic nitrogens is 2. The van der Waals surface area contributed by atoms with Crippen LogP contribution in [0.1, 0.15) is 25.2 Å². The zero-order valence-electron chi connectivity index (χ0n) is 18.2. The number of hydrogen-bond donors (Lipinski definition) is 1. The summed E-state index contributed by atoms with van der Waals surface area (Å²) in [6.07, 6.45) is -0.139. The molecule has 3 aromatic rings. The van der Waals surface area contributed by atoms with Gasteiger partial charge in [-0.2, -0.15) is 0 Å². The van der Waals surface area contributed by atoms with Crippen molar-refractivity contribution in [2.24, 2.45) is 7.05 Å². The summed E-state index contributed by atoms with van der Waals surface area (Å²) in [5, 5.41) is 13.7. The van der Waals surface area contributed by atoms with E-state index >= 15 is 0 Å². The Balaban J connectivity index is 1.59. The van der Waals surface area contributed by atoms with Gasteiger partial charge in [0.1, 0.15) is 12.4 Å². The van der Waals surface area contributed by atoms with E-state index in [-0.39, 0.29) is 12.3 Å². The number of anilines is 2. The zero-order valence-corrected chi connectivity index (χ0v) is 18.2. The van der Waals surface area contributed by atoms with Gasteiger partial charge in [0.2, 0.25) is 0 Å². The number of benzene rings is 2. The minimum Gasteiger partial charge on any atom is -0.449 e. The van der Waals surface area contributed by atoms with Gasteiger partial charge < -0.3 is 14.2 Å². The lowest BCUT2D eigenvalue weighted by Crippen LogP contribution is -2.22. The molecule has 0 saturated heterocycles. The molecule has 0 aliphatic rings. The number of nitro benzene ring substituents is 1. The molecule has 1 amide bonds. The molecule has 1 aromatic heterocycles. The zero-order chi connectivity index (χ0) is 22.5. The van der Waals surface area contributed by atoms with Gasteiger partial charge in [0.25, 0.3) is 5.69 Å². The normalized spacial score (nSPS) is 10.8. The van der Waals surface area contributed by atoms with Crippen LogP contribution in [0.3, 0.4) is 0 Å². The third kappa shape index (κ3) is 4.93. The number of non-ortho nitro benzene ring substituents is 1. The second-order valence-electron chi connectivity index (χ2n) is 7.20. The number of nitrogens with zero attached hydrogens (tertiary/aromatic N) is 4. The average Bonchev–Trinajstić information content (AvgIpc) is 3.06. The molecule has 1 N–H and O–H groups in total. The molecular weight excluding hydrogens is 398 g/mol. The first-order chi connectivity index (χ1) is 14.8. The second-order valence-corrected chi connectivity index (χ2v) is 7.20. The SMILES string of the molecule is CCN(CC)c1ccc(NC(=O)OCCc2nc3cc([N+](=O)[O-])ccc3n2C)c(C)c1. The van der Waals surface area contributed by atoms with Crippen molar-refractivity contribution in [3.63, 3.8) is 0 Å². The molecule has 164 valence electrons. The van der Waals surface area contributed by atoms with Gasteiger partial charge in [0.15, 0.2) is 0 Å². The maximum Gasteiger partial charge on any atom is 0.411 e. The van der Waals surface area contributed by atoms with Crippen molar-refractivity contribution in [2.45, 2.75) is 27.2 Å². The fourth-order valence-corrected chi connectivity index (χ4v) is 3.53. The molecule has 2 aromatic carbocycles. The van der Waals surface area contributed by atoms with Crippen LogP contribution in [0.25, 0.3) is 11.0 Å². The number of nitrogens with one attached hydrogen (secondary N) is 1. The van der Waals surface area contributed by atoms with Crippen molar-refractivity contribution in [3.05, 3.63) is 57.9 Å². The summed E-state index contributed by atoms with van der Waals surface area (Å²) in [6, 6.07) is 10.5. The molecular formula is C22H27N5O4. The first-order valence-corrected chi connectivity index (χ1v) is 10.2. The number of aryl methyl sites for hydroxylation is 2. The molecule has 0 aliphatic heterocycles. The first-order valence-electron chi connectivity index (χ1n) is 10.2. The molecule has 0 saturated carbocycles. The van der Waals surface area contributed by atoms with Gasteiger partial charge in [0, 0.05) is 50.1 Å². The number of carbonyl (C=O) groups excluding carboxylic acids is 1. The highest BCUT2D eigenvalue weighted by atomic mass is 16.6. The van der Waals surface area contributed by atoms with Crippen molar-refractivity contribution >= 4 is 34.2 Å². The topological polar surface area (TPSA) is 103 Å². The molecule has 31 heavy (non-hydrogen) atoms. The van der Waals surface area contributed by atoms with Crippen LogP contribution in [0.2, 0.25) is 0 Å². The Labute approximate surface area is 180 Å². The van der Waals surface area contributed by atoms with Gasteiger partial charge in [-0.25, -0.2) is 9.78 Å². The van der Waals surface area contributed by atoms with E-state index in [1.807, 2.05) is 36.7 Å². The van der Waals surface area contributed by atoms with Crippen molar-refractivity contribution in [1.82, 2.24) is 9.55 Å². The van der Waals surface area contributed by atoms with E-state index in [9.17, 15) is 14.9 Å². The number of nitro groups is 1. The molecule has 0 spiro atoms. The molecule has 1 heterocycles. The summed E-state index contributed by atoms with van der Waals surface area (Å²) in [4.78, 5) is 29.4. The maximum atomic E-state index is 12.2. The number of imidazole rings is 1. The number of ether oxygens (including phenoxy) is 1. The minimum absolute atomic E-state index is 0.00448. The van der Waals surface area contributed by atoms with Gasteiger partial charge in [-0.15, -0.1) is 0 Å². The van der Waals surface area contributed by atoms with E-state index < -0.39 is 11.0 Å². The average molecular weight is 425 g/mol. The smallest absolute Gasteiger partial charge is 0.411 e. The van der Waals surface area contributed by atoms with E-state index in [1.54, 1.807) is 6.07 Å². The van der Waals surface area contributed by atoms with Crippen LogP contribution < -0.4 is 10.2 Å². The largest absolute Gasteiger partial charge is 0.449 e. The standard InChI is InChI=1S/C22H27N5O4/c1-5-26(6-2)16-7-9-18(15(3)13-16)24-22(28)31-12-11-21-23-19-14-17(27(29)30)8-10-20(19)25(21)4/h7-10,13-14H,5-6,11-12H2,1-4H3,(H,24,28). The number of rotatable bonds is 8. The number of hydrogen-bond acceptors (Lipinski definition) is 6. The third-order valence-corrected chi connectivity index (χ3v) is 5.30. The molecule has 9 nitrogen and oxygen atoms in total. The molecule has 0 radical (unpaired) electrons. The summed E-state index contributed by atoms with van der Waals surface area (Å²) >= 11 is 0. The lowest BCUT2D eigenvalue weighted by molar-refractivity contribution is -0.384. The van der Waals surface area contributed by atoms with Gasteiger partial charge in [-0.05, 0) is 50.6 Å². The molecule has 0 unspecified atom stereocenters. The van der Waals surface area contributed by atoms with E-state index in [0.717, 1.165) is 29.9 Å². The lowest BCUT2D eigenvalue weighted by Gasteiger charge is -2.22. The van der Waals surface area contributed by atoms with Gasteiger partial charge in [-0.3, -0.25) is 15.4 Å². The second kappa shape index (κ2) is 9.46. The van der Waals surface area contributed by atoms with Crippen LogP contribution in [0, 0.1) is 17.0 Å². The Kier molecular flexibility index (Phi) is 6.74. The summed E-state index contributed by atoms with van der Waals surface area (Å²) in [5.41, 5.74) is 4.10. The summed E-state index contributed by atoms with van der Waals surface area (Å²) in [7, 11) is 1.83. The van der Waals surface area contributed by atoms with Gasteiger partial charge in [-0.1, -0.05) is 0 Å². The quantitative estimate of drug-likeness (QED) is 0.423. The number of carbonyl (C=O) groups is 1. The Morgan fingerprint density at radius 2 is 1.97 bits per heavy atom. The maximum absolute atomic E-state index is 12.2. The Morgan fingerprint density at radius 3 is 2.61 bits per heavy atom. The fraction of sp³-hybridized carbons (Fsp3) is 0.364. The Hall–Kier alpha value is -3.62. The van der Waals surface area contributed by atoms with Crippen molar-refractivity contribution < 1.29 is 14.5 Å². The predicted molar refractivity (Wildman–Crippen MR) is 121 cm³/mol. The van der Waals surface area contributed by atoms with Crippen LogP contribution in [-0.2, 0) is 18.2 Å². The fourth-order valence-electron chi connectivity index (χ4n) is 3.53. The Bertz CT molecular complexity index is 1100. The lowest BCUT2D eigenvalue weighted by atomic mass is 10.1. The van der Waals surface area contributed by atoms with Crippen LogP contribution in [0.5, 0.6) is 0 Å². The number of amides is 1. The van der Waals surface area contributed by atoms with Crippen LogP contribution in [0.15, 0.2) is 36.4 Å². The molecule has 3 rings (SSSR count). The summed E-state index contributed by atoms with van der Waals surface area (Å²) in [5.74, 6) is 0.683. The minimum atomic E-state index is -0.534. The highest BCUT2D eigenvalue weighted by molar-refractivity contribution is 5.86. The third-order valence-electron chi connectivity index (χ3n) is 5.30. The monoisotopic (exact) mass is 425 g/mol. The molecule has 0 aliphatic carbocycles. The first kappa shape index (κ1) is 22.1. The molecule has 0 fully saturated rings. The molecule has 9 heteroatoms. The summed E-state index contributed by atoms with van der Waals surface area (Å²) in [6.45, 7) is 8.13. The van der Waals surface area contributed by atoms with Crippen molar-refractivity contribution in [3.8, 4) is 0 Å². The molecule has 0 atom stereocenters. The van der Waals surface area contributed by atoms with Crippen molar-refractivity contribution in [1.29, 1.82) is 0 Å². The van der Waals surface area contributed by atoms with E-state index in [2.05, 4.69) is 29.0 Å². The van der Waals surface area contributed by atoms with Crippen LogP contribution >= 0.6 is 0 Å². The van der Waals surface area contributed by atoms with E-state index in [0.29, 0.717) is 23.4 Å². The van der Waals surface area contributed by atoms with Crippen molar-refractivity contribution in [2.75, 3.05) is 29.9 Å². The van der Waals surface area contributed by atoms with Gasteiger partial charge >= 0.3 is 6.09 Å².